The van der Waals surface area contributed by atoms with Crippen LogP contribution in [-0.4, -0.2) is 10.9 Å². The van der Waals surface area contributed by atoms with E-state index in [1.807, 2.05) is 32.0 Å². The lowest BCUT2D eigenvalue weighted by Crippen LogP contribution is -2.35. The number of anilines is 1. The van der Waals surface area contributed by atoms with Crippen LogP contribution in [0.1, 0.15) is 22.3 Å². The van der Waals surface area contributed by atoms with Crippen molar-refractivity contribution in [3.8, 4) is 0 Å². The molecule has 0 saturated heterocycles. The third-order valence-electron chi connectivity index (χ3n) is 5.31. The highest BCUT2D eigenvalue weighted by Crippen LogP contribution is 2.19. The van der Waals surface area contributed by atoms with Gasteiger partial charge in [0.15, 0.2) is 5.43 Å². The lowest BCUT2D eigenvalue weighted by molar-refractivity contribution is 0.206. The summed E-state index contributed by atoms with van der Waals surface area (Å²) in [6.07, 6.45) is 1.40. The van der Waals surface area contributed by atoms with E-state index in [1.165, 1.54) is 23.3 Å². The van der Waals surface area contributed by atoms with Gasteiger partial charge in [-0.3, -0.25) is 4.79 Å². The number of nitrogens with one attached hydrogen (secondary N) is 1. The van der Waals surface area contributed by atoms with E-state index in [4.69, 9.17) is 4.42 Å². The molecule has 5 nitrogen and oxygen atoms in total. The SMILES string of the molecule is Cc1ccc(NC(=O)N(Cc2ccc(F)cc2)Cc2coc3ccccc3c2=O)c(C)c1. The van der Waals surface area contributed by atoms with Crippen molar-refractivity contribution in [1.29, 1.82) is 0 Å². The molecule has 1 N–H and O–H groups in total. The Morgan fingerprint density at radius 1 is 1.00 bits per heavy atom. The van der Waals surface area contributed by atoms with Crippen LogP contribution in [0.2, 0.25) is 0 Å². The standard InChI is InChI=1S/C26H23FN2O3/c1-17-7-12-23(18(2)13-17)28-26(31)29(14-19-8-10-21(27)11-9-19)15-20-16-32-24-6-4-3-5-22(24)25(20)30/h3-13,16H,14-15H2,1-2H3,(H,28,31). The Labute approximate surface area is 185 Å². The molecule has 3 aromatic carbocycles. The Kier molecular flexibility index (Phi) is 6.03. The highest BCUT2D eigenvalue weighted by atomic mass is 19.1. The molecule has 6 heteroatoms. The molecule has 4 aromatic rings. The van der Waals surface area contributed by atoms with Crippen molar-refractivity contribution in [1.82, 2.24) is 4.90 Å². The summed E-state index contributed by atoms with van der Waals surface area (Å²) in [5.41, 5.74) is 4.13. The number of amides is 2. The van der Waals surface area contributed by atoms with Crippen LogP contribution in [-0.2, 0) is 13.1 Å². The van der Waals surface area contributed by atoms with Crippen molar-refractivity contribution in [3.63, 3.8) is 0 Å². The van der Waals surface area contributed by atoms with E-state index in [-0.39, 0.29) is 30.4 Å². The Hall–Kier alpha value is -3.93. The number of para-hydroxylation sites is 1. The molecule has 2 amide bonds. The van der Waals surface area contributed by atoms with Crippen molar-refractivity contribution in [2.45, 2.75) is 26.9 Å². The maximum absolute atomic E-state index is 13.3. The van der Waals surface area contributed by atoms with E-state index in [0.29, 0.717) is 22.2 Å². The van der Waals surface area contributed by atoms with Crippen molar-refractivity contribution >= 4 is 22.7 Å². The minimum absolute atomic E-state index is 0.0429. The molecule has 0 spiro atoms. The Bertz CT molecular complexity index is 1330. The van der Waals surface area contributed by atoms with Gasteiger partial charge in [0.1, 0.15) is 11.4 Å². The van der Waals surface area contributed by atoms with Gasteiger partial charge in [-0.1, -0.05) is 42.0 Å². The minimum atomic E-state index is -0.367. The molecular formula is C26H23FN2O3. The number of rotatable bonds is 5. The second-order valence-corrected chi connectivity index (χ2v) is 7.82. The van der Waals surface area contributed by atoms with Crippen LogP contribution in [0.5, 0.6) is 0 Å². The fraction of sp³-hybridized carbons (Fsp3) is 0.154. The zero-order valence-corrected chi connectivity index (χ0v) is 17.9. The molecule has 0 unspecified atom stereocenters. The first-order valence-electron chi connectivity index (χ1n) is 10.3. The number of carbonyl (C=O) groups excluding carboxylic acids is 1. The molecule has 0 aliphatic rings. The molecule has 0 aliphatic carbocycles. The second kappa shape index (κ2) is 9.06. The lowest BCUT2D eigenvalue weighted by Gasteiger charge is -2.24. The minimum Gasteiger partial charge on any atom is -0.464 e. The number of aryl methyl sites for hydroxylation is 2. The van der Waals surface area contributed by atoms with Gasteiger partial charge in [0.05, 0.1) is 23.8 Å². The van der Waals surface area contributed by atoms with E-state index in [9.17, 15) is 14.0 Å². The summed E-state index contributed by atoms with van der Waals surface area (Å²) in [7, 11) is 0. The average Bonchev–Trinajstić information content (AvgIpc) is 2.78. The van der Waals surface area contributed by atoms with Crippen LogP contribution in [0.15, 0.2) is 82.2 Å². The van der Waals surface area contributed by atoms with Crippen LogP contribution in [0.25, 0.3) is 11.0 Å². The van der Waals surface area contributed by atoms with Crippen molar-refractivity contribution in [2.24, 2.45) is 0 Å². The number of hydrogen-bond donors (Lipinski definition) is 1. The van der Waals surface area contributed by atoms with Crippen molar-refractivity contribution in [2.75, 3.05) is 5.32 Å². The maximum Gasteiger partial charge on any atom is 0.322 e. The summed E-state index contributed by atoms with van der Waals surface area (Å²) in [5, 5.41) is 3.39. The summed E-state index contributed by atoms with van der Waals surface area (Å²) in [5.74, 6) is -0.352. The first-order chi connectivity index (χ1) is 15.4. The third kappa shape index (κ3) is 4.70. The number of fused-ring (bicyclic) bond motifs is 1. The zero-order valence-electron chi connectivity index (χ0n) is 17.9. The first kappa shape index (κ1) is 21.3. The molecule has 162 valence electrons. The number of nitrogens with zero attached hydrogens (tertiary/aromatic N) is 1. The normalized spacial score (nSPS) is 10.8. The van der Waals surface area contributed by atoms with Gasteiger partial charge in [0.25, 0.3) is 0 Å². The van der Waals surface area contributed by atoms with E-state index >= 15 is 0 Å². The number of urea groups is 1. The van der Waals surface area contributed by atoms with Crippen molar-refractivity contribution < 1.29 is 13.6 Å². The van der Waals surface area contributed by atoms with Gasteiger partial charge in [-0.25, -0.2) is 9.18 Å². The Morgan fingerprint density at radius 2 is 1.75 bits per heavy atom. The van der Waals surface area contributed by atoms with Gasteiger partial charge in [0.2, 0.25) is 0 Å². The number of halogens is 1. The van der Waals surface area contributed by atoms with Crippen LogP contribution in [0.3, 0.4) is 0 Å². The topological polar surface area (TPSA) is 62.6 Å². The van der Waals surface area contributed by atoms with Gasteiger partial charge < -0.3 is 14.6 Å². The predicted octanol–water partition coefficient (Wildman–Crippen LogP) is 5.78. The molecular weight excluding hydrogens is 407 g/mol. The van der Waals surface area contributed by atoms with Crippen molar-refractivity contribution in [3.05, 3.63) is 111 Å². The predicted molar refractivity (Wildman–Crippen MR) is 123 cm³/mol. The number of benzene rings is 3. The first-order valence-corrected chi connectivity index (χ1v) is 10.3. The van der Waals surface area contributed by atoms with E-state index < -0.39 is 0 Å². The molecule has 1 heterocycles. The fourth-order valence-electron chi connectivity index (χ4n) is 3.59. The number of hydrogen-bond acceptors (Lipinski definition) is 3. The summed E-state index contributed by atoms with van der Waals surface area (Å²) >= 11 is 0. The summed E-state index contributed by atoms with van der Waals surface area (Å²) in [6, 6.07) is 18.3. The van der Waals surface area contributed by atoms with Gasteiger partial charge >= 0.3 is 6.03 Å². The zero-order chi connectivity index (χ0) is 22.7. The van der Waals surface area contributed by atoms with E-state index in [1.54, 1.807) is 36.4 Å². The van der Waals surface area contributed by atoms with Crippen LogP contribution in [0.4, 0.5) is 14.9 Å². The largest absolute Gasteiger partial charge is 0.464 e. The van der Waals surface area contributed by atoms with Crippen LogP contribution in [0, 0.1) is 19.7 Å². The van der Waals surface area contributed by atoms with Gasteiger partial charge in [-0.15, -0.1) is 0 Å². The van der Waals surface area contributed by atoms with E-state index in [2.05, 4.69) is 5.32 Å². The summed E-state index contributed by atoms with van der Waals surface area (Å²) < 4.78 is 19.0. The fourth-order valence-corrected chi connectivity index (χ4v) is 3.59. The summed E-state index contributed by atoms with van der Waals surface area (Å²) in [4.78, 5) is 27.7. The third-order valence-corrected chi connectivity index (χ3v) is 5.31. The monoisotopic (exact) mass is 430 g/mol. The molecule has 0 radical (unpaired) electrons. The molecule has 4 rings (SSSR count). The molecule has 0 fully saturated rings. The molecule has 0 atom stereocenters. The second-order valence-electron chi connectivity index (χ2n) is 7.82. The highest BCUT2D eigenvalue weighted by molar-refractivity contribution is 5.90. The molecule has 1 aromatic heterocycles. The average molecular weight is 430 g/mol. The molecule has 32 heavy (non-hydrogen) atoms. The van der Waals surface area contributed by atoms with Gasteiger partial charge in [0, 0.05) is 12.2 Å². The van der Waals surface area contributed by atoms with Crippen LogP contribution >= 0.6 is 0 Å². The molecule has 0 aliphatic heterocycles. The smallest absolute Gasteiger partial charge is 0.322 e. The maximum atomic E-state index is 13.3. The molecule has 0 bridgehead atoms. The highest BCUT2D eigenvalue weighted by Gasteiger charge is 2.18. The quantitative estimate of drug-likeness (QED) is 0.436. The molecule has 0 saturated carbocycles. The lowest BCUT2D eigenvalue weighted by atomic mass is 10.1. The Balaban J connectivity index is 1.65. The van der Waals surface area contributed by atoms with Crippen LogP contribution < -0.4 is 10.7 Å². The number of carbonyl (C=O) groups is 1. The van der Waals surface area contributed by atoms with Gasteiger partial charge in [-0.2, -0.15) is 0 Å². The summed E-state index contributed by atoms with van der Waals surface area (Å²) in [6.45, 7) is 4.15. The van der Waals surface area contributed by atoms with E-state index in [0.717, 1.165) is 16.7 Å². The van der Waals surface area contributed by atoms with Gasteiger partial charge in [-0.05, 0) is 55.3 Å². The Morgan fingerprint density at radius 3 is 2.50 bits per heavy atom.